The quantitative estimate of drug-likeness (QED) is 0.238. The van der Waals surface area contributed by atoms with Crippen molar-refractivity contribution in [2.75, 3.05) is 6.54 Å². The van der Waals surface area contributed by atoms with E-state index in [0.29, 0.717) is 0 Å². The highest BCUT2D eigenvalue weighted by molar-refractivity contribution is 5.98. The molecule has 0 radical (unpaired) electrons. The number of carbonyl (C=O) groups is 1. The van der Waals surface area contributed by atoms with Crippen LogP contribution in [-0.2, 0) is 0 Å². The summed E-state index contributed by atoms with van der Waals surface area (Å²) in [7, 11) is 0. The van der Waals surface area contributed by atoms with Gasteiger partial charge in [-0.3, -0.25) is 4.79 Å². The first kappa shape index (κ1) is 25.4. The molecule has 172 valence electrons. The van der Waals surface area contributed by atoms with Crippen LogP contribution in [0.1, 0.15) is 120 Å². The van der Waals surface area contributed by atoms with E-state index in [2.05, 4.69) is 24.4 Å². The number of unbranched alkanes of at least 4 members (excludes halogenated alkanes) is 15. The van der Waals surface area contributed by atoms with Gasteiger partial charge in [-0.15, -0.1) is 0 Å². The normalized spacial score (nSPS) is 11.1. The number of benzene rings is 2. The molecule has 0 fully saturated rings. The molecule has 1 N–H and O–H groups in total. The van der Waals surface area contributed by atoms with E-state index in [-0.39, 0.29) is 5.91 Å². The summed E-state index contributed by atoms with van der Waals surface area (Å²) in [6.45, 7) is 3.07. The highest BCUT2D eigenvalue weighted by Gasteiger charge is 2.05. The molecule has 0 atom stereocenters. The lowest BCUT2D eigenvalue weighted by Gasteiger charge is -2.07. The van der Waals surface area contributed by atoms with Gasteiger partial charge in [0.25, 0.3) is 5.91 Å². The third-order valence-corrected chi connectivity index (χ3v) is 6.33. The third-order valence-electron chi connectivity index (χ3n) is 6.33. The van der Waals surface area contributed by atoms with Crippen LogP contribution < -0.4 is 5.32 Å². The first-order chi connectivity index (χ1) is 15.3. The summed E-state index contributed by atoms with van der Waals surface area (Å²) in [6, 6.07) is 14.1. The molecule has 0 saturated carbocycles. The van der Waals surface area contributed by atoms with Crippen molar-refractivity contribution < 1.29 is 4.79 Å². The van der Waals surface area contributed by atoms with E-state index in [4.69, 9.17) is 0 Å². The SMILES string of the molecule is CCCCCCCCCCCCCCCCCCNC(=O)c1ccc2ccccc2c1. The van der Waals surface area contributed by atoms with Crippen molar-refractivity contribution >= 4 is 16.7 Å². The smallest absolute Gasteiger partial charge is 0.251 e. The van der Waals surface area contributed by atoms with Crippen molar-refractivity contribution in [3.63, 3.8) is 0 Å². The fraction of sp³-hybridized carbons (Fsp3) is 0.621. The number of hydrogen-bond acceptors (Lipinski definition) is 1. The second kappa shape index (κ2) is 16.8. The zero-order chi connectivity index (χ0) is 22.0. The van der Waals surface area contributed by atoms with E-state index < -0.39 is 0 Å². The zero-order valence-corrected chi connectivity index (χ0v) is 20.0. The van der Waals surface area contributed by atoms with Gasteiger partial charge in [-0.25, -0.2) is 0 Å². The Balaban J connectivity index is 1.37. The van der Waals surface area contributed by atoms with Crippen LogP contribution in [0.4, 0.5) is 0 Å². The Hall–Kier alpha value is -1.83. The lowest BCUT2D eigenvalue weighted by atomic mass is 10.0. The third kappa shape index (κ3) is 11.4. The van der Waals surface area contributed by atoms with Crippen LogP contribution >= 0.6 is 0 Å². The standard InChI is InChI=1S/C29H45NO/c1-2-3-4-5-6-7-8-9-10-11-12-13-14-15-16-19-24-30-29(31)28-23-22-26-20-17-18-21-27(26)25-28/h17-18,20-23,25H,2-16,19,24H2,1H3,(H,30,31). The Labute approximate surface area is 191 Å². The molecule has 0 spiro atoms. The summed E-state index contributed by atoms with van der Waals surface area (Å²) >= 11 is 0. The van der Waals surface area contributed by atoms with Gasteiger partial charge in [-0.2, -0.15) is 0 Å². The molecule has 2 aromatic rings. The number of carbonyl (C=O) groups excluding carboxylic acids is 1. The van der Waals surface area contributed by atoms with Crippen LogP contribution in [0.3, 0.4) is 0 Å². The number of nitrogens with one attached hydrogen (secondary N) is 1. The van der Waals surface area contributed by atoms with Gasteiger partial charge in [-0.05, 0) is 29.3 Å². The molecule has 2 rings (SSSR count). The molecule has 0 saturated heterocycles. The summed E-state index contributed by atoms with van der Waals surface area (Å²) in [5, 5.41) is 5.37. The average molecular weight is 424 g/mol. The van der Waals surface area contributed by atoms with Gasteiger partial charge in [0.2, 0.25) is 0 Å². The molecule has 2 aromatic carbocycles. The predicted molar refractivity (Wildman–Crippen MR) is 136 cm³/mol. The van der Waals surface area contributed by atoms with Gasteiger partial charge in [0.1, 0.15) is 0 Å². The maximum Gasteiger partial charge on any atom is 0.251 e. The highest BCUT2D eigenvalue weighted by atomic mass is 16.1. The maximum absolute atomic E-state index is 12.3. The van der Waals surface area contributed by atoms with Crippen LogP contribution in [-0.4, -0.2) is 12.5 Å². The van der Waals surface area contributed by atoms with Crippen molar-refractivity contribution in [3.05, 3.63) is 48.0 Å². The molecule has 0 aliphatic carbocycles. The number of amides is 1. The van der Waals surface area contributed by atoms with E-state index in [0.717, 1.165) is 23.9 Å². The molecular weight excluding hydrogens is 378 g/mol. The molecule has 0 unspecified atom stereocenters. The van der Waals surface area contributed by atoms with Gasteiger partial charge in [0.05, 0.1) is 0 Å². The largest absolute Gasteiger partial charge is 0.352 e. The minimum atomic E-state index is 0.0479. The average Bonchev–Trinajstić information content (AvgIpc) is 2.80. The van der Waals surface area contributed by atoms with Crippen molar-refractivity contribution in [2.24, 2.45) is 0 Å². The Bertz CT molecular complexity index is 724. The molecule has 1 amide bonds. The van der Waals surface area contributed by atoms with Gasteiger partial charge in [-0.1, -0.05) is 134 Å². The van der Waals surface area contributed by atoms with Crippen LogP contribution in [0.5, 0.6) is 0 Å². The van der Waals surface area contributed by atoms with Gasteiger partial charge >= 0.3 is 0 Å². The van der Waals surface area contributed by atoms with Gasteiger partial charge < -0.3 is 5.32 Å². The van der Waals surface area contributed by atoms with E-state index in [9.17, 15) is 4.79 Å². The Morgan fingerprint density at radius 1 is 0.613 bits per heavy atom. The number of fused-ring (bicyclic) bond motifs is 1. The van der Waals surface area contributed by atoms with E-state index in [1.807, 2.05) is 30.3 Å². The van der Waals surface area contributed by atoms with Crippen LogP contribution in [0.2, 0.25) is 0 Å². The van der Waals surface area contributed by atoms with Gasteiger partial charge in [0, 0.05) is 12.1 Å². The molecule has 0 aliphatic rings. The second-order valence-corrected chi connectivity index (χ2v) is 9.12. The molecule has 0 heterocycles. The summed E-state index contributed by atoms with van der Waals surface area (Å²) in [6.07, 6.45) is 22.0. The Morgan fingerprint density at radius 2 is 1.10 bits per heavy atom. The molecule has 0 aromatic heterocycles. The topological polar surface area (TPSA) is 29.1 Å². The summed E-state index contributed by atoms with van der Waals surface area (Å²) < 4.78 is 0. The molecule has 0 bridgehead atoms. The predicted octanol–water partition coefficient (Wildman–Crippen LogP) is 8.83. The highest BCUT2D eigenvalue weighted by Crippen LogP contribution is 2.16. The second-order valence-electron chi connectivity index (χ2n) is 9.12. The first-order valence-electron chi connectivity index (χ1n) is 13.1. The van der Waals surface area contributed by atoms with Crippen LogP contribution in [0.15, 0.2) is 42.5 Å². The fourth-order valence-electron chi connectivity index (χ4n) is 4.31. The van der Waals surface area contributed by atoms with E-state index in [1.165, 1.54) is 102 Å². The lowest BCUT2D eigenvalue weighted by Crippen LogP contribution is -2.24. The van der Waals surface area contributed by atoms with Crippen molar-refractivity contribution in [2.45, 2.75) is 110 Å². The Kier molecular flexibility index (Phi) is 13.8. The minimum Gasteiger partial charge on any atom is -0.352 e. The summed E-state index contributed by atoms with van der Waals surface area (Å²) in [5.41, 5.74) is 0.759. The van der Waals surface area contributed by atoms with Crippen molar-refractivity contribution in [1.82, 2.24) is 5.32 Å². The summed E-state index contributed by atoms with van der Waals surface area (Å²) in [4.78, 5) is 12.3. The first-order valence-corrected chi connectivity index (χ1v) is 13.1. The molecule has 0 aliphatic heterocycles. The fourth-order valence-corrected chi connectivity index (χ4v) is 4.31. The number of rotatable bonds is 18. The van der Waals surface area contributed by atoms with Crippen LogP contribution in [0, 0.1) is 0 Å². The van der Waals surface area contributed by atoms with Gasteiger partial charge in [0.15, 0.2) is 0 Å². The number of hydrogen-bond donors (Lipinski definition) is 1. The maximum atomic E-state index is 12.3. The van der Waals surface area contributed by atoms with E-state index in [1.54, 1.807) is 0 Å². The van der Waals surface area contributed by atoms with E-state index >= 15 is 0 Å². The zero-order valence-electron chi connectivity index (χ0n) is 20.0. The monoisotopic (exact) mass is 423 g/mol. The van der Waals surface area contributed by atoms with Crippen LogP contribution in [0.25, 0.3) is 10.8 Å². The van der Waals surface area contributed by atoms with Crippen molar-refractivity contribution in [3.8, 4) is 0 Å². The molecule has 2 heteroatoms. The van der Waals surface area contributed by atoms with Crippen molar-refractivity contribution in [1.29, 1.82) is 0 Å². The summed E-state index contributed by atoms with van der Waals surface area (Å²) in [5.74, 6) is 0.0479. The molecule has 31 heavy (non-hydrogen) atoms. The Morgan fingerprint density at radius 3 is 1.65 bits per heavy atom. The molecular formula is C29H45NO. The lowest BCUT2D eigenvalue weighted by molar-refractivity contribution is 0.0953. The molecule has 2 nitrogen and oxygen atoms in total. The minimum absolute atomic E-state index is 0.0479.